The third-order valence-corrected chi connectivity index (χ3v) is 19.1. The number of aromatic nitrogens is 4. The summed E-state index contributed by atoms with van der Waals surface area (Å²) in [5.74, 6) is -6.26. The predicted octanol–water partition coefficient (Wildman–Crippen LogP) is 0.159. The van der Waals surface area contributed by atoms with Crippen LogP contribution in [0.5, 0.6) is 0 Å². The molecule has 2 fully saturated rings. The number of guanidine groups is 1. The Labute approximate surface area is 585 Å². The van der Waals surface area contributed by atoms with Crippen LogP contribution in [0.2, 0.25) is 0 Å². The average Bonchev–Trinajstić information content (AvgIpc) is 1.63. The van der Waals surface area contributed by atoms with Crippen molar-refractivity contribution in [2.45, 2.75) is 157 Å². The van der Waals surface area contributed by atoms with Crippen LogP contribution in [-0.2, 0) is 96.6 Å². The summed E-state index contributed by atoms with van der Waals surface area (Å²) in [7, 11) is 1.85. The first-order valence-electron chi connectivity index (χ1n) is 34.1. The molecule has 10 amide bonds. The molecule has 0 radical (unpaired) electrons. The fourth-order valence-electron chi connectivity index (χ4n) is 12.3. The van der Waals surface area contributed by atoms with Crippen LogP contribution >= 0.6 is 11.8 Å². The molecule has 2 aromatic heterocycles. The van der Waals surface area contributed by atoms with Crippen LogP contribution in [0.1, 0.15) is 93.5 Å². The number of aliphatic imine (C=N–C) groups is 1. The van der Waals surface area contributed by atoms with E-state index in [4.69, 9.17) is 31.4 Å². The summed E-state index contributed by atoms with van der Waals surface area (Å²) in [5, 5.41) is 35.3. The van der Waals surface area contributed by atoms with Gasteiger partial charge in [0, 0.05) is 99.0 Å². The molecule has 2 bridgehead atoms. The number of carbonyl (C=O) groups excluding carboxylic acids is 10. The number of benzene rings is 3. The second-order valence-electron chi connectivity index (χ2n) is 25.3. The number of urea groups is 1. The molecule has 3 aromatic carbocycles. The number of hydrogen-bond acceptors (Lipinski definition) is 17. The molecule has 2 saturated heterocycles. The quantitative estimate of drug-likeness (QED) is 0.0137. The first-order chi connectivity index (χ1) is 48.3. The van der Waals surface area contributed by atoms with E-state index in [-0.39, 0.29) is 127 Å². The second-order valence-corrected chi connectivity index (χ2v) is 26.6. The first-order valence-corrected chi connectivity index (χ1v) is 35.2. The van der Waals surface area contributed by atoms with Crippen LogP contribution in [0.4, 0.5) is 4.79 Å². The highest BCUT2D eigenvalue weighted by Crippen LogP contribution is 2.33. The van der Waals surface area contributed by atoms with Crippen molar-refractivity contribution in [1.29, 1.82) is 0 Å². The van der Waals surface area contributed by atoms with Crippen LogP contribution in [0.25, 0.3) is 10.9 Å². The smallest absolute Gasteiger partial charge is 0.315 e. The highest BCUT2D eigenvalue weighted by Gasteiger charge is 2.43. The number of fused-ring (bicyclic) bond motifs is 4. The third kappa shape index (κ3) is 24.5. The number of primary amides is 1. The molecule has 5 heterocycles. The fraction of sp³-hybridized carbons (Fsp3) is 0.522. The number of Topliss-reactive ketones (excluding diaryl/α,β-unsaturated/α-hetero) is 1. The van der Waals surface area contributed by atoms with Crippen LogP contribution in [0.15, 0.2) is 102 Å². The molecule has 0 aliphatic carbocycles. The summed E-state index contributed by atoms with van der Waals surface area (Å²) >= 11 is 1.85. The van der Waals surface area contributed by atoms with Crippen LogP contribution in [0, 0.1) is 5.92 Å². The number of rotatable bonds is 28. The van der Waals surface area contributed by atoms with Gasteiger partial charge in [-0.3, -0.25) is 52.8 Å². The molecule has 0 spiro atoms. The number of ketones is 1. The Morgan fingerprint density at radius 2 is 1.33 bits per heavy atom. The maximum Gasteiger partial charge on any atom is 0.315 e. The summed E-state index contributed by atoms with van der Waals surface area (Å²) in [6.45, 7) is 2.45. The maximum absolute atomic E-state index is 15.1. The lowest BCUT2D eigenvalue weighted by molar-refractivity contribution is -0.136. The molecule has 30 nitrogen and oxygen atoms in total. The Morgan fingerprint density at radius 1 is 0.660 bits per heavy atom. The summed E-state index contributed by atoms with van der Waals surface area (Å²) < 4.78 is 20.3. The molecule has 0 saturated carbocycles. The minimum atomic E-state index is -1.37. The Bertz CT molecular complexity index is 3590. The molecule has 8 rings (SSSR count). The average molecular weight is 1400 g/mol. The summed E-state index contributed by atoms with van der Waals surface area (Å²) in [5.41, 5.74) is 20.3. The molecule has 540 valence electrons. The molecule has 100 heavy (non-hydrogen) atoms. The van der Waals surface area contributed by atoms with Gasteiger partial charge in [-0.25, -0.2) is 4.79 Å². The first kappa shape index (κ1) is 76.3. The van der Waals surface area contributed by atoms with E-state index in [1.54, 1.807) is 66.9 Å². The van der Waals surface area contributed by atoms with Crippen molar-refractivity contribution in [3.8, 4) is 0 Å². The molecular weight excluding hydrogens is 1310 g/mol. The number of para-hydroxylation sites is 1. The van der Waals surface area contributed by atoms with E-state index in [2.05, 4.69) is 63.2 Å². The van der Waals surface area contributed by atoms with Crippen molar-refractivity contribution in [3.05, 3.63) is 120 Å². The van der Waals surface area contributed by atoms with Gasteiger partial charge < -0.3 is 83.8 Å². The number of thioether (sulfide) groups is 1. The monoisotopic (exact) mass is 1400 g/mol. The van der Waals surface area contributed by atoms with Gasteiger partial charge in [0.05, 0.1) is 56.9 Å². The molecule has 15 N–H and O–H groups in total. The number of ether oxygens (including phenoxy) is 3. The van der Waals surface area contributed by atoms with Crippen molar-refractivity contribution in [2.75, 3.05) is 58.5 Å². The van der Waals surface area contributed by atoms with Crippen molar-refractivity contribution < 1.29 is 62.2 Å². The van der Waals surface area contributed by atoms with E-state index in [0.29, 0.717) is 47.7 Å². The van der Waals surface area contributed by atoms with Gasteiger partial charge in [-0.15, -0.1) is 5.10 Å². The number of aryl methyl sites for hydroxylation is 2. The molecule has 31 heteroatoms. The Hall–Kier alpha value is -9.46. The minimum Gasteiger partial charge on any atom is -0.377 e. The zero-order valence-corrected chi connectivity index (χ0v) is 57.5. The van der Waals surface area contributed by atoms with Crippen LogP contribution in [0.3, 0.4) is 0 Å². The zero-order chi connectivity index (χ0) is 71.3. The van der Waals surface area contributed by atoms with Crippen molar-refractivity contribution >= 4 is 87.7 Å². The number of carbonyl (C=O) groups is 10. The fourth-order valence-corrected chi connectivity index (χ4v) is 13.8. The third-order valence-electron chi connectivity index (χ3n) is 17.6. The highest BCUT2D eigenvalue weighted by molar-refractivity contribution is 8.00. The van der Waals surface area contributed by atoms with Gasteiger partial charge in [0.2, 0.25) is 47.3 Å². The number of amides is 10. The van der Waals surface area contributed by atoms with Crippen LogP contribution in [-0.4, -0.2) is 197 Å². The predicted molar refractivity (Wildman–Crippen MR) is 373 cm³/mol. The van der Waals surface area contributed by atoms with Gasteiger partial charge in [-0.1, -0.05) is 90.5 Å². The largest absolute Gasteiger partial charge is 0.377 e. The highest BCUT2D eigenvalue weighted by atomic mass is 32.2. The lowest BCUT2D eigenvalue weighted by atomic mass is 9.89. The topological polar surface area (TPSA) is 433 Å². The van der Waals surface area contributed by atoms with E-state index in [1.807, 2.05) is 53.8 Å². The SMILES string of the molecule is C[C@H]1NC(=O)[C@H](Cc2cn(C)c3ccccc23)NC(=O)[C@@H](Cc2ccccc2)CC(=O)[C@@H](CCCN=C(N)N)NC(=O)[C@@H](Cc2ccccc2)NC(=O)[C@@H](NC(=O)COCCOCCOCCNC(=O)CCCC[C@@H]2SC[C@@H]3NC(=O)N[C@@H]32)Cc2cn(nn2)CCCC[C@@H](C(N)=O)NC1=O. The zero-order valence-electron chi connectivity index (χ0n) is 56.7. The molecule has 3 aliphatic heterocycles. The minimum absolute atomic E-state index is 0.00131. The van der Waals surface area contributed by atoms with Crippen molar-refractivity contribution in [2.24, 2.45) is 35.2 Å². The van der Waals surface area contributed by atoms with Crippen molar-refractivity contribution in [1.82, 2.24) is 67.4 Å². The molecule has 5 aromatic rings. The number of nitrogens with two attached hydrogens (primary N) is 3. The van der Waals surface area contributed by atoms with E-state index >= 15 is 14.4 Å². The van der Waals surface area contributed by atoms with Gasteiger partial charge in [-0.2, -0.15) is 11.8 Å². The summed E-state index contributed by atoms with van der Waals surface area (Å²) in [4.78, 5) is 143. The molecular formula is C69H95N17O13S. The van der Waals surface area contributed by atoms with Gasteiger partial charge in [-0.05, 0) is 81.0 Å². The van der Waals surface area contributed by atoms with E-state index in [0.717, 1.165) is 35.9 Å². The van der Waals surface area contributed by atoms with Crippen molar-refractivity contribution in [3.63, 3.8) is 0 Å². The Balaban J connectivity index is 0.955. The van der Waals surface area contributed by atoms with E-state index in [9.17, 15) is 33.6 Å². The summed E-state index contributed by atoms with van der Waals surface area (Å²) in [6.07, 6.45) is 6.68. The standard InChI is InChI=1S/C69H95N17O13S/c1-43-63(91)78-51(62(70)90)21-13-14-28-86-40-48(83-84-86)38-54(76-60(89)41-99-33-32-98-31-30-97-29-27-73-59(88)25-12-11-24-58-61-55(42-100-58)81-69(96)82-61)67(95)80-52(35-45-18-7-4-8-19-45)66(94)77-50(22-15-26-74-68(71)72)57(87)37-46(34-44-16-5-3-6-17-44)64(92)79-53(65(93)75-43)36-47-39-85(2)56-23-10-9-20-49(47)56/h3-10,16-20,23,39-40,43,46,50-55,58,61H,11-15,21-22,24-38,41-42H2,1-2H3,(H2,70,90)(H,73,88)(H,75,93)(H,76,89)(H,77,94)(H,78,91)(H,79,92)(H,80,95)(H4,71,72,74)(H2,81,82,96)/t43-,46+,50-,51+,52-,53+,54+,55+,58+,61+/m1/s1. The van der Waals surface area contributed by atoms with Gasteiger partial charge in [0.1, 0.15) is 36.8 Å². The summed E-state index contributed by atoms with van der Waals surface area (Å²) in [6, 6.07) is 17.8. The van der Waals surface area contributed by atoms with E-state index in [1.165, 1.54) is 11.6 Å². The van der Waals surface area contributed by atoms with E-state index < -0.39 is 102 Å². The van der Waals surface area contributed by atoms with Gasteiger partial charge in [0.15, 0.2) is 11.7 Å². The normalized spacial score (nSPS) is 22.9. The van der Waals surface area contributed by atoms with Gasteiger partial charge >= 0.3 is 6.03 Å². The van der Waals surface area contributed by atoms with Crippen LogP contribution < -0.4 is 65.1 Å². The number of unbranched alkanes of at least 4 members (excludes halogenated alkanes) is 1. The lowest BCUT2D eigenvalue weighted by Gasteiger charge is -2.27. The number of nitrogens with one attached hydrogen (secondary N) is 9. The lowest BCUT2D eigenvalue weighted by Crippen LogP contribution is -2.57. The second kappa shape index (κ2) is 39.4. The number of nitrogens with zero attached hydrogens (tertiary/aromatic N) is 5. The van der Waals surface area contributed by atoms with Gasteiger partial charge in [0.25, 0.3) is 0 Å². The molecule has 3 aliphatic rings. The number of hydrogen-bond donors (Lipinski definition) is 12. The molecule has 0 unspecified atom stereocenters. The Kier molecular flexibility index (Phi) is 30.0. The molecule has 10 atom stereocenters. The Morgan fingerprint density at radius 3 is 2.07 bits per heavy atom. The maximum atomic E-state index is 15.1.